The lowest BCUT2D eigenvalue weighted by Gasteiger charge is -2.32. The minimum atomic E-state index is -3.39. The van der Waals surface area contributed by atoms with Gasteiger partial charge in [-0.25, -0.2) is 13.4 Å². The van der Waals surface area contributed by atoms with Gasteiger partial charge in [0, 0.05) is 45.1 Å². The van der Waals surface area contributed by atoms with Crippen molar-refractivity contribution >= 4 is 15.8 Å². The highest BCUT2D eigenvalue weighted by Crippen LogP contribution is 2.25. The van der Waals surface area contributed by atoms with Crippen molar-refractivity contribution in [3.63, 3.8) is 0 Å². The van der Waals surface area contributed by atoms with Crippen LogP contribution in [0.25, 0.3) is 0 Å². The van der Waals surface area contributed by atoms with E-state index in [9.17, 15) is 8.42 Å². The van der Waals surface area contributed by atoms with E-state index in [1.54, 1.807) is 16.6 Å². The lowest BCUT2D eigenvalue weighted by atomic mass is 9.97. The van der Waals surface area contributed by atoms with Crippen LogP contribution in [0.2, 0.25) is 0 Å². The van der Waals surface area contributed by atoms with Gasteiger partial charge in [0.05, 0.1) is 6.20 Å². The molecule has 0 amide bonds. The summed E-state index contributed by atoms with van der Waals surface area (Å²) in [5.41, 5.74) is 0. The second kappa shape index (κ2) is 7.32. The number of rotatable bonds is 5. The van der Waals surface area contributed by atoms with Crippen molar-refractivity contribution in [2.24, 2.45) is 5.92 Å². The van der Waals surface area contributed by atoms with E-state index in [1.807, 2.05) is 16.9 Å². The molecule has 0 spiro atoms. The molecule has 0 saturated carbocycles. The van der Waals surface area contributed by atoms with Crippen molar-refractivity contribution in [1.82, 2.24) is 24.3 Å². The Morgan fingerprint density at radius 3 is 2.46 bits per heavy atom. The summed E-state index contributed by atoms with van der Waals surface area (Å²) < 4.78 is 28.6. The SMILES string of the molecule is O=S(=O)(c1ccc(N2CCC(Cn3ccnn3)CC2)nc1)N1CCCC1. The van der Waals surface area contributed by atoms with Crippen LogP contribution in [0.5, 0.6) is 0 Å². The van der Waals surface area contributed by atoms with Crippen molar-refractivity contribution in [2.45, 2.75) is 37.1 Å². The molecule has 0 N–H and O–H groups in total. The molecule has 2 aromatic heterocycles. The number of piperidine rings is 1. The maximum atomic E-state index is 12.6. The molecule has 9 heteroatoms. The van der Waals surface area contributed by atoms with E-state index in [4.69, 9.17) is 0 Å². The zero-order valence-electron chi connectivity index (χ0n) is 14.7. The summed E-state index contributed by atoms with van der Waals surface area (Å²) in [6.45, 7) is 3.97. The number of anilines is 1. The first-order chi connectivity index (χ1) is 12.6. The first-order valence-corrected chi connectivity index (χ1v) is 10.6. The molecule has 0 atom stereocenters. The molecule has 2 aliphatic heterocycles. The third-order valence-electron chi connectivity index (χ3n) is 5.28. The first-order valence-electron chi connectivity index (χ1n) is 9.18. The van der Waals surface area contributed by atoms with Crippen LogP contribution < -0.4 is 4.90 Å². The number of hydrogen-bond acceptors (Lipinski definition) is 6. The summed E-state index contributed by atoms with van der Waals surface area (Å²) in [5.74, 6) is 1.44. The highest BCUT2D eigenvalue weighted by atomic mass is 32.2. The van der Waals surface area contributed by atoms with E-state index in [2.05, 4.69) is 20.2 Å². The predicted octanol–water partition coefficient (Wildman–Crippen LogP) is 1.37. The Bertz CT molecular complexity index is 807. The van der Waals surface area contributed by atoms with Crippen LogP contribution in [0.15, 0.2) is 35.6 Å². The average Bonchev–Trinajstić information content (AvgIpc) is 3.37. The van der Waals surface area contributed by atoms with Gasteiger partial charge in [-0.2, -0.15) is 4.31 Å². The third kappa shape index (κ3) is 3.59. The van der Waals surface area contributed by atoms with Crippen LogP contribution in [0.1, 0.15) is 25.7 Å². The summed E-state index contributed by atoms with van der Waals surface area (Å²) in [4.78, 5) is 6.96. The van der Waals surface area contributed by atoms with Crippen LogP contribution in [0, 0.1) is 5.92 Å². The molecule has 2 fully saturated rings. The van der Waals surface area contributed by atoms with Crippen LogP contribution >= 0.6 is 0 Å². The second-order valence-electron chi connectivity index (χ2n) is 7.02. The van der Waals surface area contributed by atoms with Gasteiger partial charge in [-0.15, -0.1) is 5.10 Å². The summed E-state index contributed by atoms with van der Waals surface area (Å²) in [7, 11) is -3.39. The summed E-state index contributed by atoms with van der Waals surface area (Å²) in [6.07, 6.45) is 9.11. The average molecular weight is 376 g/mol. The molecule has 2 aliphatic rings. The Hall–Kier alpha value is -2.00. The number of aromatic nitrogens is 4. The zero-order valence-corrected chi connectivity index (χ0v) is 15.6. The van der Waals surface area contributed by atoms with Crippen molar-refractivity contribution in [3.8, 4) is 0 Å². The Balaban J connectivity index is 1.37. The van der Waals surface area contributed by atoms with Gasteiger partial charge in [-0.05, 0) is 43.7 Å². The molecule has 4 rings (SSSR count). The van der Waals surface area contributed by atoms with Gasteiger partial charge >= 0.3 is 0 Å². The molecule has 8 nitrogen and oxygen atoms in total. The monoisotopic (exact) mass is 376 g/mol. The molecular weight excluding hydrogens is 352 g/mol. The number of hydrogen-bond donors (Lipinski definition) is 0. The zero-order chi connectivity index (χ0) is 18.0. The Labute approximate surface area is 153 Å². The fraction of sp³-hybridized carbons (Fsp3) is 0.588. The molecule has 0 aliphatic carbocycles. The Morgan fingerprint density at radius 1 is 1.08 bits per heavy atom. The normalized spacial score (nSPS) is 19.9. The van der Waals surface area contributed by atoms with Crippen molar-refractivity contribution < 1.29 is 8.42 Å². The van der Waals surface area contributed by atoms with Crippen molar-refractivity contribution in [3.05, 3.63) is 30.7 Å². The van der Waals surface area contributed by atoms with Gasteiger partial charge < -0.3 is 4.90 Å². The molecule has 2 saturated heterocycles. The highest BCUT2D eigenvalue weighted by Gasteiger charge is 2.28. The molecule has 0 radical (unpaired) electrons. The Kier molecular flexibility index (Phi) is 4.90. The van der Waals surface area contributed by atoms with Crippen LogP contribution in [0.3, 0.4) is 0 Å². The van der Waals surface area contributed by atoms with Gasteiger partial charge in [-0.1, -0.05) is 5.21 Å². The van der Waals surface area contributed by atoms with Crippen LogP contribution in [-0.4, -0.2) is 58.9 Å². The highest BCUT2D eigenvalue weighted by molar-refractivity contribution is 7.89. The van der Waals surface area contributed by atoms with Gasteiger partial charge in [0.25, 0.3) is 0 Å². The number of sulfonamides is 1. The van der Waals surface area contributed by atoms with E-state index in [-0.39, 0.29) is 0 Å². The maximum Gasteiger partial charge on any atom is 0.244 e. The second-order valence-corrected chi connectivity index (χ2v) is 8.96. The van der Waals surface area contributed by atoms with Gasteiger partial charge in [0.15, 0.2) is 0 Å². The van der Waals surface area contributed by atoms with E-state index < -0.39 is 10.0 Å². The van der Waals surface area contributed by atoms with E-state index in [0.717, 1.165) is 51.1 Å². The summed E-state index contributed by atoms with van der Waals surface area (Å²) in [6, 6.07) is 3.53. The van der Waals surface area contributed by atoms with Crippen molar-refractivity contribution in [1.29, 1.82) is 0 Å². The van der Waals surface area contributed by atoms with Gasteiger partial charge in [0.1, 0.15) is 10.7 Å². The van der Waals surface area contributed by atoms with Crippen LogP contribution in [-0.2, 0) is 16.6 Å². The fourth-order valence-electron chi connectivity index (χ4n) is 3.73. The van der Waals surface area contributed by atoms with E-state index >= 15 is 0 Å². The lowest BCUT2D eigenvalue weighted by molar-refractivity contribution is 0.338. The third-order valence-corrected chi connectivity index (χ3v) is 7.16. The minimum Gasteiger partial charge on any atom is -0.357 e. The maximum absolute atomic E-state index is 12.6. The van der Waals surface area contributed by atoms with Crippen LogP contribution in [0.4, 0.5) is 5.82 Å². The molecule has 0 aromatic carbocycles. The van der Waals surface area contributed by atoms with Gasteiger partial charge in [0.2, 0.25) is 10.0 Å². The lowest BCUT2D eigenvalue weighted by Crippen LogP contribution is -2.35. The molecule has 2 aromatic rings. The Morgan fingerprint density at radius 2 is 1.85 bits per heavy atom. The molecule has 0 unspecified atom stereocenters. The first kappa shape index (κ1) is 17.4. The molecule has 26 heavy (non-hydrogen) atoms. The standard InChI is InChI=1S/C17H24N6O2S/c24-26(25,23-8-1-2-9-23)16-3-4-17(18-13-16)21-10-5-15(6-11-21)14-22-12-7-19-20-22/h3-4,7,12-13,15H,1-2,5-6,8-11,14H2. The molecule has 0 bridgehead atoms. The predicted molar refractivity (Wildman–Crippen MR) is 97.2 cm³/mol. The molecule has 140 valence electrons. The fourth-order valence-corrected chi connectivity index (χ4v) is 5.19. The minimum absolute atomic E-state index is 0.296. The summed E-state index contributed by atoms with van der Waals surface area (Å²) >= 11 is 0. The molecular formula is C17H24N6O2S. The van der Waals surface area contributed by atoms with Crippen molar-refractivity contribution in [2.75, 3.05) is 31.1 Å². The van der Waals surface area contributed by atoms with E-state index in [0.29, 0.717) is 23.9 Å². The van der Waals surface area contributed by atoms with Gasteiger partial charge in [-0.3, -0.25) is 4.68 Å². The molecule has 4 heterocycles. The largest absolute Gasteiger partial charge is 0.357 e. The van der Waals surface area contributed by atoms with E-state index in [1.165, 1.54) is 6.20 Å². The topological polar surface area (TPSA) is 84.2 Å². The number of pyridine rings is 1. The quantitative estimate of drug-likeness (QED) is 0.784. The smallest absolute Gasteiger partial charge is 0.244 e. The number of nitrogens with zero attached hydrogens (tertiary/aromatic N) is 6. The summed E-state index contributed by atoms with van der Waals surface area (Å²) in [5, 5.41) is 7.88.